The van der Waals surface area contributed by atoms with Crippen molar-refractivity contribution in [2.75, 3.05) is 0 Å². The van der Waals surface area contributed by atoms with Gasteiger partial charge in [0.2, 0.25) is 0 Å². The van der Waals surface area contributed by atoms with E-state index in [1.54, 1.807) is 6.92 Å². The minimum absolute atomic E-state index is 0.136. The lowest BCUT2D eigenvalue weighted by Crippen LogP contribution is -2.32. The van der Waals surface area contributed by atoms with Crippen molar-refractivity contribution in [2.45, 2.75) is 19.4 Å². The number of halogens is 2. The predicted octanol–water partition coefficient (Wildman–Crippen LogP) is 2.62. The lowest BCUT2D eigenvalue weighted by Gasteiger charge is -2.11. The van der Waals surface area contributed by atoms with Crippen LogP contribution < -0.4 is 5.32 Å². The van der Waals surface area contributed by atoms with Gasteiger partial charge in [0.1, 0.15) is 5.82 Å². The van der Waals surface area contributed by atoms with Crippen LogP contribution in [-0.2, 0) is 0 Å². The van der Waals surface area contributed by atoms with Gasteiger partial charge in [-0.15, -0.1) is 0 Å². The second-order valence-corrected chi connectivity index (χ2v) is 4.13. The van der Waals surface area contributed by atoms with Crippen LogP contribution in [0.2, 0.25) is 0 Å². The maximum absolute atomic E-state index is 13.1. The molecule has 1 atom stereocenters. The number of hydrogen-bond acceptors (Lipinski definition) is 2. The third-order valence-corrected chi connectivity index (χ3v) is 2.78. The first-order chi connectivity index (χ1) is 7.56. The Labute approximate surface area is 101 Å². The van der Waals surface area contributed by atoms with Crippen LogP contribution >= 0.6 is 15.9 Å². The van der Waals surface area contributed by atoms with E-state index in [1.165, 1.54) is 18.2 Å². The SMILES string of the molecule is CC(CC#N)NC(=O)c1cccc(F)c1Br. The molecule has 3 nitrogen and oxygen atoms in total. The van der Waals surface area contributed by atoms with Crippen LogP contribution in [0.4, 0.5) is 4.39 Å². The van der Waals surface area contributed by atoms with Gasteiger partial charge in [0.15, 0.2) is 0 Å². The third-order valence-electron chi connectivity index (χ3n) is 1.97. The first-order valence-electron chi connectivity index (χ1n) is 4.68. The number of rotatable bonds is 3. The Bertz CT molecular complexity index is 442. The lowest BCUT2D eigenvalue weighted by atomic mass is 10.2. The Hall–Kier alpha value is -1.41. The molecule has 1 N–H and O–H groups in total. The van der Waals surface area contributed by atoms with Gasteiger partial charge in [-0.1, -0.05) is 6.07 Å². The summed E-state index contributed by atoms with van der Waals surface area (Å²) in [6, 6.07) is 5.93. The Morgan fingerprint density at radius 2 is 2.38 bits per heavy atom. The highest BCUT2D eigenvalue weighted by Crippen LogP contribution is 2.20. The van der Waals surface area contributed by atoms with E-state index < -0.39 is 11.7 Å². The van der Waals surface area contributed by atoms with E-state index in [2.05, 4.69) is 21.2 Å². The van der Waals surface area contributed by atoms with Crippen molar-refractivity contribution < 1.29 is 9.18 Å². The quantitative estimate of drug-likeness (QED) is 0.928. The van der Waals surface area contributed by atoms with Crippen molar-refractivity contribution >= 4 is 21.8 Å². The van der Waals surface area contributed by atoms with Gasteiger partial charge in [0, 0.05) is 6.04 Å². The van der Waals surface area contributed by atoms with Crippen LogP contribution in [0.3, 0.4) is 0 Å². The van der Waals surface area contributed by atoms with E-state index in [0.29, 0.717) is 0 Å². The zero-order chi connectivity index (χ0) is 12.1. The first-order valence-corrected chi connectivity index (χ1v) is 5.47. The molecule has 1 aromatic carbocycles. The molecule has 0 aliphatic carbocycles. The van der Waals surface area contributed by atoms with Crippen molar-refractivity contribution in [1.29, 1.82) is 5.26 Å². The van der Waals surface area contributed by atoms with Crippen LogP contribution in [0.5, 0.6) is 0 Å². The third kappa shape index (κ3) is 3.04. The molecule has 0 aliphatic rings. The standard InChI is InChI=1S/C11H10BrFN2O/c1-7(5-6-14)15-11(16)8-3-2-4-9(13)10(8)12/h2-4,7H,5H2,1H3,(H,15,16). The van der Waals surface area contributed by atoms with Crippen LogP contribution in [-0.4, -0.2) is 11.9 Å². The smallest absolute Gasteiger partial charge is 0.252 e. The van der Waals surface area contributed by atoms with Crippen molar-refractivity contribution in [3.8, 4) is 6.07 Å². The fourth-order valence-electron chi connectivity index (χ4n) is 1.17. The average Bonchev–Trinajstić information content (AvgIpc) is 2.22. The zero-order valence-corrected chi connectivity index (χ0v) is 10.2. The average molecular weight is 285 g/mol. The van der Waals surface area contributed by atoms with E-state index in [1.807, 2.05) is 6.07 Å². The lowest BCUT2D eigenvalue weighted by molar-refractivity contribution is 0.0939. The van der Waals surface area contributed by atoms with Gasteiger partial charge >= 0.3 is 0 Å². The van der Waals surface area contributed by atoms with Gasteiger partial charge in [-0.25, -0.2) is 4.39 Å². The number of hydrogen-bond donors (Lipinski definition) is 1. The Kier molecular flexibility index (Phi) is 4.44. The van der Waals surface area contributed by atoms with Crippen molar-refractivity contribution in [2.24, 2.45) is 0 Å². The maximum Gasteiger partial charge on any atom is 0.252 e. The minimum atomic E-state index is -0.486. The molecule has 0 aliphatic heterocycles. The highest BCUT2D eigenvalue weighted by atomic mass is 79.9. The summed E-state index contributed by atoms with van der Waals surface area (Å²) >= 11 is 3.01. The zero-order valence-electron chi connectivity index (χ0n) is 8.63. The fourth-order valence-corrected chi connectivity index (χ4v) is 1.61. The largest absolute Gasteiger partial charge is 0.349 e. The molecule has 0 spiro atoms. The van der Waals surface area contributed by atoms with Crippen LogP contribution in [0, 0.1) is 17.1 Å². The first kappa shape index (κ1) is 12.7. The van der Waals surface area contributed by atoms with E-state index in [4.69, 9.17) is 5.26 Å². The minimum Gasteiger partial charge on any atom is -0.349 e. The topological polar surface area (TPSA) is 52.9 Å². The summed E-state index contributed by atoms with van der Waals surface area (Å²) in [6.45, 7) is 1.72. The molecular weight excluding hydrogens is 275 g/mol. The Morgan fingerprint density at radius 1 is 1.69 bits per heavy atom. The molecule has 1 aromatic rings. The van der Waals surface area contributed by atoms with Gasteiger partial charge in [0.25, 0.3) is 5.91 Å². The summed E-state index contributed by atoms with van der Waals surface area (Å²) in [7, 11) is 0. The van der Waals surface area contributed by atoms with Crippen molar-refractivity contribution in [1.82, 2.24) is 5.32 Å². The molecule has 84 valence electrons. The molecule has 0 heterocycles. The molecular formula is C11H10BrFN2O. The van der Waals surface area contributed by atoms with Gasteiger partial charge in [-0.3, -0.25) is 4.79 Å². The molecule has 1 unspecified atom stereocenters. The fraction of sp³-hybridized carbons (Fsp3) is 0.273. The summed E-state index contributed by atoms with van der Waals surface area (Å²) < 4.78 is 13.3. The summed E-state index contributed by atoms with van der Waals surface area (Å²) in [4.78, 5) is 11.7. The molecule has 0 aromatic heterocycles. The molecule has 0 fully saturated rings. The Morgan fingerprint density at radius 3 is 3.00 bits per heavy atom. The van der Waals surface area contributed by atoms with E-state index >= 15 is 0 Å². The monoisotopic (exact) mass is 284 g/mol. The molecule has 0 radical (unpaired) electrons. The van der Waals surface area contributed by atoms with E-state index in [-0.39, 0.29) is 22.5 Å². The summed E-state index contributed by atoms with van der Waals surface area (Å²) in [5, 5.41) is 11.1. The molecule has 0 saturated carbocycles. The maximum atomic E-state index is 13.1. The molecule has 0 saturated heterocycles. The van der Waals surface area contributed by atoms with Crippen LogP contribution in [0.15, 0.2) is 22.7 Å². The summed E-state index contributed by atoms with van der Waals surface area (Å²) in [5.41, 5.74) is 0.227. The molecule has 1 rings (SSSR count). The van der Waals surface area contributed by atoms with Crippen molar-refractivity contribution in [3.63, 3.8) is 0 Å². The highest BCUT2D eigenvalue weighted by molar-refractivity contribution is 9.10. The Balaban J connectivity index is 2.82. The van der Waals surface area contributed by atoms with E-state index in [9.17, 15) is 9.18 Å². The van der Waals surface area contributed by atoms with Crippen molar-refractivity contribution in [3.05, 3.63) is 34.1 Å². The number of amides is 1. The predicted molar refractivity (Wildman–Crippen MR) is 61.3 cm³/mol. The van der Waals surface area contributed by atoms with Crippen LogP contribution in [0.1, 0.15) is 23.7 Å². The molecule has 0 bridgehead atoms. The number of benzene rings is 1. The van der Waals surface area contributed by atoms with Gasteiger partial charge in [-0.2, -0.15) is 5.26 Å². The second kappa shape index (κ2) is 5.61. The number of carbonyl (C=O) groups is 1. The summed E-state index contributed by atoms with van der Waals surface area (Å²) in [6.07, 6.45) is 0.221. The number of nitrogens with one attached hydrogen (secondary N) is 1. The highest BCUT2D eigenvalue weighted by Gasteiger charge is 2.14. The summed E-state index contributed by atoms with van der Waals surface area (Å²) in [5.74, 6) is -0.880. The number of nitriles is 1. The second-order valence-electron chi connectivity index (χ2n) is 3.34. The molecule has 16 heavy (non-hydrogen) atoms. The van der Waals surface area contributed by atoms with Crippen LogP contribution in [0.25, 0.3) is 0 Å². The number of carbonyl (C=O) groups excluding carboxylic acids is 1. The van der Waals surface area contributed by atoms with E-state index in [0.717, 1.165) is 0 Å². The van der Waals surface area contributed by atoms with Gasteiger partial charge in [-0.05, 0) is 35.0 Å². The normalized spacial score (nSPS) is 11.6. The van der Waals surface area contributed by atoms with Gasteiger partial charge in [0.05, 0.1) is 22.5 Å². The number of nitrogens with zero attached hydrogens (tertiary/aromatic N) is 1. The molecule has 1 amide bonds. The molecule has 5 heteroatoms. The van der Waals surface area contributed by atoms with Gasteiger partial charge < -0.3 is 5.32 Å².